The van der Waals surface area contributed by atoms with E-state index in [0.29, 0.717) is 6.42 Å². The number of carbonyl (C=O) groups excluding carboxylic acids is 2. The monoisotopic (exact) mass is 278 g/mol. The van der Waals surface area contributed by atoms with Crippen LogP contribution in [0.3, 0.4) is 0 Å². The van der Waals surface area contributed by atoms with Crippen molar-refractivity contribution in [2.24, 2.45) is 17.8 Å². The molecule has 0 heterocycles. The minimum absolute atomic E-state index is 0.377. The molecule has 2 aliphatic carbocycles. The van der Waals surface area contributed by atoms with Gasteiger partial charge in [0.2, 0.25) is 0 Å². The van der Waals surface area contributed by atoms with Crippen LogP contribution >= 0.6 is 0 Å². The topological polar surface area (TPSA) is 52.6 Å². The maximum absolute atomic E-state index is 11.6. The number of hydrogen-bond acceptors (Lipinski definition) is 4. The zero-order valence-electron chi connectivity index (χ0n) is 12.1. The molecule has 2 aliphatic rings. The molecule has 2 atom stereocenters. The summed E-state index contributed by atoms with van der Waals surface area (Å²) in [5, 5.41) is 0. The van der Waals surface area contributed by atoms with Gasteiger partial charge in [-0.05, 0) is 43.9 Å². The van der Waals surface area contributed by atoms with E-state index < -0.39 is 17.9 Å². The molecule has 0 N–H and O–H groups in total. The molecule has 1 saturated carbocycles. The Labute approximate surface area is 119 Å². The number of rotatable bonds is 4. The predicted molar refractivity (Wildman–Crippen MR) is 74.8 cm³/mol. The zero-order chi connectivity index (χ0) is 14.5. The van der Waals surface area contributed by atoms with E-state index in [1.54, 1.807) is 0 Å². The van der Waals surface area contributed by atoms with E-state index in [4.69, 9.17) is 0 Å². The van der Waals surface area contributed by atoms with Crippen LogP contribution in [0.15, 0.2) is 23.8 Å². The highest BCUT2D eigenvalue weighted by Gasteiger charge is 2.32. The predicted octanol–water partition coefficient (Wildman–Crippen LogP) is 2.64. The lowest BCUT2D eigenvalue weighted by molar-refractivity contribution is -0.158. The smallest absolute Gasteiger partial charge is 0.320 e. The fraction of sp³-hybridized carbons (Fsp3) is 0.625. The molecule has 0 spiro atoms. The van der Waals surface area contributed by atoms with Crippen molar-refractivity contribution in [1.82, 2.24) is 0 Å². The molecule has 20 heavy (non-hydrogen) atoms. The Bertz CT molecular complexity index is 402. The molecular weight excluding hydrogens is 256 g/mol. The molecule has 0 amide bonds. The summed E-state index contributed by atoms with van der Waals surface area (Å²) in [6, 6.07) is 0. The lowest BCUT2D eigenvalue weighted by atomic mass is 9.86. The standard InChI is InChI=1S/C16H22O4/c1-19-15(17)14(16(18)20-2)8-7-11-9-12-5-3-4-6-13(12)10-11/h3-4,7,12-14H,5-6,8-10H2,1-2H3/t12-,13+. The van der Waals surface area contributed by atoms with Crippen molar-refractivity contribution in [3.05, 3.63) is 23.8 Å². The molecule has 110 valence electrons. The molecule has 0 aromatic heterocycles. The Morgan fingerprint density at radius 2 is 1.65 bits per heavy atom. The van der Waals surface area contributed by atoms with Crippen molar-refractivity contribution >= 4 is 11.9 Å². The average Bonchev–Trinajstić information content (AvgIpc) is 2.89. The van der Waals surface area contributed by atoms with Crippen LogP contribution in [0.5, 0.6) is 0 Å². The Morgan fingerprint density at radius 3 is 2.10 bits per heavy atom. The van der Waals surface area contributed by atoms with Crippen LogP contribution in [-0.4, -0.2) is 26.2 Å². The molecule has 0 saturated heterocycles. The third-order valence-electron chi connectivity index (χ3n) is 4.37. The van der Waals surface area contributed by atoms with Gasteiger partial charge in [0, 0.05) is 0 Å². The van der Waals surface area contributed by atoms with Gasteiger partial charge in [-0.1, -0.05) is 23.8 Å². The van der Waals surface area contributed by atoms with Crippen LogP contribution < -0.4 is 0 Å². The van der Waals surface area contributed by atoms with Gasteiger partial charge in [-0.15, -0.1) is 0 Å². The Hall–Kier alpha value is -1.58. The van der Waals surface area contributed by atoms with Gasteiger partial charge in [-0.25, -0.2) is 0 Å². The fourth-order valence-electron chi connectivity index (χ4n) is 3.21. The van der Waals surface area contributed by atoms with Gasteiger partial charge in [0.25, 0.3) is 0 Å². The maximum Gasteiger partial charge on any atom is 0.320 e. The molecule has 0 radical (unpaired) electrons. The summed E-state index contributed by atoms with van der Waals surface area (Å²) in [7, 11) is 2.59. The molecular formula is C16H22O4. The largest absolute Gasteiger partial charge is 0.468 e. The molecule has 0 aromatic rings. The lowest BCUT2D eigenvalue weighted by Gasteiger charge is -2.19. The third-order valence-corrected chi connectivity index (χ3v) is 4.37. The molecule has 4 heteroatoms. The van der Waals surface area contributed by atoms with Crippen LogP contribution in [-0.2, 0) is 19.1 Å². The summed E-state index contributed by atoms with van der Waals surface area (Å²) in [6.45, 7) is 0. The van der Waals surface area contributed by atoms with Gasteiger partial charge in [0.15, 0.2) is 5.92 Å². The number of allylic oxidation sites excluding steroid dienone is 4. The number of ether oxygens (including phenoxy) is 2. The van der Waals surface area contributed by atoms with Crippen molar-refractivity contribution in [2.45, 2.75) is 32.1 Å². The second-order valence-corrected chi connectivity index (χ2v) is 5.57. The summed E-state index contributed by atoms with van der Waals surface area (Å²) >= 11 is 0. The van der Waals surface area contributed by atoms with Gasteiger partial charge in [-0.2, -0.15) is 0 Å². The molecule has 0 unspecified atom stereocenters. The SMILES string of the molecule is COC(=O)C(CC=C1C[C@H]2CC=CC[C@H]2C1)C(=O)OC. The summed E-state index contributed by atoms with van der Waals surface area (Å²) in [5.41, 5.74) is 1.36. The Morgan fingerprint density at radius 1 is 1.15 bits per heavy atom. The summed E-state index contributed by atoms with van der Waals surface area (Å²) in [6.07, 6.45) is 11.4. The van der Waals surface area contributed by atoms with Gasteiger partial charge in [0.05, 0.1) is 14.2 Å². The number of hydrogen-bond donors (Lipinski definition) is 0. The number of carbonyl (C=O) groups is 2. The van der Waals surface area contributed by atoms with Crippen molar-refractivity contribution in [1.29, 1.82) is 0 Å². The first kappa shape index (κ1) is 14.8. The lowest BCUT2D eigenvalue weighted by Crippen LogP contribution is -2.26. The minimum Gasteiger partial charge on any atom is -0.468 e. The van der Waals surface area contributed by atoms with Crippen molar-refractivity contribution in [3.63, 3.8) is 0 Å². The highest BCUT2D eigenvalue weighted by Crippen LogP contribution is 2.42. The fourth-order valence-corrected chi connectivity index (χ4v) is 3.21. The molecule has 0 aromatic carbocycles. The van der Waals surface area contributed by atoms with Crippen LogP contribution in [0.2, 0.25) is 0 Å². The van der Waals surface area contributed by atoms with E-state index in [0.717, 1.165) is 37.5 Å². The minimum atomic E-state index is -0.835. The van der Waals surface area contributed by atoms with Crippen LogP contribution in [0.25, 0.3) is 0 Å². The first-order valence-electron chi connectivity index (χ1n) is 7.14. The van der Waals surface area contributed by atoms with Crippen LogP contribution in [0.4, 0.5) is 0 Å². The van der Waals surface area contributed by atoms with Crippen LogP contribution in [0.1, 0.15) is 32.1 Å². The van der Waals surface area contributed by atoms with E-state index in [9.17, 15) is 9.59 Å². The molecule has 1 fully saturated rings. The highest BCUT2D eigenvalue weighted by molar-refractivity contribution is 5.94. The normalized spacial score (nSPS) is 26.6. The van der Waals surface area contributed by atoms with E-state index in [2.05, 4.69) is 21.6 Å². The van der Waals surface area contributed by atoms with Gasteiger partial charge in [0.1, 0.15) is 0 Å². The van der Waals surface area contributed by atoms with E-state index in [1.807, 2.05) is 6.08 Å². The van der Waals surface area contributed by atoms with Gasteiger partial charge >= 0.3 is 11.9 Å². The second kappa shape index (κ2) is 6.73. The Kier molecular flexibility index (Phi) is 4.99. The number of esters is 2. The van der Waals surface area contributed by atoms with Crippen molar-refractivity contribution in [2.75, 3.05) is 14.2 Å². The number of methoxy groups -OCH3 is 2. The summed E-state index contributed by atoms with van der Waals surface area (Å²) < 4.78 is 9.33. The molecule has 0 bridgehead atoms. The molecule has 2 rings (SSSR count). The van der Waals surface area contributed by atoms with E-state index in [1.165, 1.54) is 19.8 Å². The van der Waals surface area contributed by atoms with Crippen molar-refractivity contribution < 1.29 is 19.1 Å². The quantitative estimate of drug-likeness (QED) is 0.450. The third kappa shape index (κ3) is 3.30. The molecule has 0 aliphatic heterocycles. The van der Waals surface area contributed by atoms with Gasteiger partial charge < -0.3 is 9.47 Å². The summed E-state index contributed by atoms with van der Waals surface area (Å²) in [5.74, 6) is -0.406. The first-order chi connectivity index (χ1) is 9.65. The van der Waals surface area contributed by atoms with E-state index in [-0.39, 0.29) is 0 Å². The second-order valence-electron chi connectivity index (χ2n) is 5.57. The maximum atomic E-state index is 11.6. The van der Waals surface area contributed by atoms with E-state index >= 15 is 0 Å². The Balaban J connectivity index is 1.97. The average molecular weight is 278 g/mol. The summed E-state index contributed by atoms with van der Waals surface area (Å²) in [4.78, 5) is 23.2. The number of fused-ring (bicyclic) bond motifs is 1. The van der Waals surface area contributed by atoms with Gasteiger partial charge in [-0.3, -0.25) is 9.59 Å². The van der Waals surface area contributed by atoms with Crippen molar-refractivity contribution in [3.8, 4) is 0 Å². The first-order valence-corrected chi connectivity index (χ1v) is 7.14. The zero-order valence-corrected chi connectivity index (χ0v) is 12.1. The molecule has 4 nitrogen and oxygen atoms in total. The van der Waals surface area contributed by atoms with Crippen LogP contribution in [0, 0.1) is 17.8 Å². The highest BCUT2D eigenvalue weighted by atomic mass is 16.5.